The summed E-state index contributed by atoms with van der Waals surface area (Å²) in [6.45, 7) is 9.85. The van der Waals surface area contributed by atoms with E-state index in [1.54, 1.807) is 7.11 Å². The SMILES string of the molecule is CC/C=C(/C=C\C=C(/C)NC(=O)c1cc2c(cc1OC)CCNC2)C1=NNNN1C(C)C. The van der Waals surface area contributed by atoms with Gasteiger partial charge < -0.3 is 15.4 Å². The second-order valence-corrected chi connectivity index (χ2v) is 8.10. The van der Waals surface area contributed by atoms with Crippen LogP contribution in [0.15, 0.2) is 52.8 Å². The van der Waals surface area contributed by atoms with Crippen molar-refractivity contribution < 1.29 is 9.53 Å². The first-order valence-corrected chi connectivity index (χ1v) is 11.1. The molecule has 0 aliphatic carbocycles. The molecule has 1 aromatic carbocycles. The highest BCUT2D eigenvalue weighted by Gasteiger charge is 2.21. The van der Waals surface area contributed by atoms with Crippen molar-refractivity contribution in [3.05, 3.63) is 64.4 Å². The Balaban J connectivity index is 1.72. The molecule has 0 saturated carbocycles. The van der Waals surface area contributed by atoms with Gasteiger partial charge >= 0.3 is 0 Å². The average molecular weight is 439 g/mol. The second kappa shape index (κ2) is 11.0. The van der Waals surface area contributed by atoms with Crippen molar-refractivity contribution in [1.82, 2.24) is 26.7 Å². The van der Waals surface area contributed by atoms with Crippen LogP contribution in [-0.4, -0.2) is 36.4 Å². The van der Waals surface area contributed by atoms with Crippen molar-refractivity contribution in [3.63, 3.8) is 0 Å². The maximum Gasteiger partial charge on any atom is 0.259 e. The molecule has 172 valence electrons. The first-order valence-electron chi connectivity index (χ1n) is 11.1. The van der Waals surface area contributed by atoms with Crippen LogP contribution in [0.1, 0.15) is 55.6 Å². The molecule has 0 atom stereocenters. The number of carbonyl (C=O) groups excluding carboxylic acids is 1. The van der Waals surface area contributed by atoms with E-state index in [4.69, 9.17) is 4.74 Å². The number of hydrazone groups is 1. The quantitative estimate of drug-likeness (QED) is 0.467. The molecule has 3 rings (SSSR count). The van der Waals surface area contributed by atoms with Crippen LogP contribution in [0.3, 0.4) is 0 Å². The standard InChI is InChI=1S/C24H34N6O2/c1-6-8-18(23-27-28-29-30(23)16(2)3)10-7-9-17(4)26-24(31)21-13-20-15-25-12-11-19(20)14-22(21)32-5/h7-10,13-14,16,25,28-29H,6,11-12,15H2,1-5H3,(H,26,31)/b10-7-,17-9+,18-8-. The Hall–Kier alpha value is -3.10. The molecule has 8 heteroatoms. The summed E-state index contributed by atoms with van der Waals surface area (Å²) >= 11 is 0. The fraction of sp³-hybridized carbons (Fsp3) is 0.417. The highest BCUT2D eigenvalue weighted by atomic mass is 16.5. The minimum Gasteiger partial charge on any atom is -0.496 e. The molecular formula is C24H34N6O2. The number of carbonyl (C=O) groups is 1. The van der Waals surface area contributed by atoms with Gasteiger partial charge in [-0.1, -0.05) is 25.2 Å². The third-order valence-electron chi connectivity index (χ3n) is 5.34. The van der Waals surface area contributed by atoms with Crippen LogP contribution in [0.25, 0.3) is 0 Å². The topological polar surface area (TPSA) is 90.0 Å². The van der Waals surface area contributed by atoms with Crippen molar-refractivity contribution in [3.8, 4) is 5.75 Å². The lowest BCUT2D eigenvalue weighted by molar-refractivity contribution is 0.0963. The van der Waals surface area contributed by atoms with Gasteiger partial charge in [0.1, 0.15) is 5.75 Å². The van der Waals surface area contributed by atoms with Crippen molar-refractivity contribution >= 4 is 11.7 Å². The minimum atomic E-state index is -0.179. The fourth-order valence-electron chi connectivity index (χ4n) is 3.71. The summed E-state index contributed by atoms with van der Waals surface area (Å²) in [4.78, 5) is 12.9. The highest BCUT2D eigenvalue weighted by Crippen LogP contribution is 2.26. The average Bonchev–Trinajstić information content (AvgIpc) is 3.27. The zero-order valence-corrected chi connectivity index (χ0v) is 19.6. The summed E-state index contributed by atoms with van der Waals surface area (Å²) < 4.78 is 5.49. The third kappa shape index (κ3) is 5.57. The Morgan fingerprint density at radius 3 is 2.88 bits per heavy atom. The molecule has 2 heterocycles. The maximum atomic E-state index is 12.9. The number of amides is 1. The molecule has 4 N–H and O–H groups in total. The van der Waals surface area contributed by atoms with Crippen molar-refractivity contribution in [1.29, 1.82) is 0 Å². The third-order valence-corrected chi connectivity index (χ3v) is 5.34. The summed E-state index contributed by atoms with van der Waals surface area (Å²) in [5.41, 5.74) is 10.5. The van der Waals surface area contributed by atoms with E-state index in [-0.39, 0.29) is 11.9 Å². The van der Waals surface area contributed by atoms with Crippen LogP contribution < -0.4 is 26.4 Å². The van der Waals surface area contributed by atoms with Crippen LogP contribution in [0, 0.1) is 0 Å². The van der Waals surface area contributed by atoms with Gasteiger partial charge in [-0.15, -0.1) is 10.6 Å². The molecule has 0 unspecified atom stereocenters. The number of hydrazine groups is 2. The molecule has 2 aliphatic rings. The molecule has 2 aliphatic heterocycles. The number of benzene rings is 1. The van der Waals surface area contributed by atoms with Gasteiger partial charge in [0, 0.05) is 23.9 Å². The molecular weight excluding hydrogens is 404 g/mol. The number of fused-ring (bicyclic) bond motifs is 1. The number of rotatable bonds is 8. The summed E-state index contributed by atoms with van der Waals surface area (Å²) in [6, 6.07) is 4.16. The number of allylic oxidation sites excluding steroid dienone is 4. The summed E-state index contributed by atoms with van der Waals surface area (Å²) in [5.74, 6) is 1.26. The van der Waals surface area contributed by atoms with Crippen LogP contribution >= 0.6 is 0 Å². The van der Waals surface area contributed by atoms with Gasteiger partial charge in [-0.05, 0) is 69.5 Å². The van der Waals surface area contributed by atoms with Gasteiger partial charge in [-0.25, -0.2) is 5.53 Å². The molecule has 0 radical (unpaired) electrons. The Morgan fingerprint density at radius 2 is 2.16 bits per heavy atom. The van der Waals surface area contributed by atoms with Gasteiger partial charge in [0.05, 0.1) is 12.7 Å². The van der Waals surface area contributed by atoms with E-state index in [1.165, 1.54) is 5.56 Å². The monoisotopic (exact) mass is 438 g/mol. The van der Waals surface area contributed by atoms with Gasteiger partial charge in [-0.3, -0.25) is 9.80 Å². The van der Waals surface area contributed by atoms with Crippen LogP contribution in [-0.2, 0) is 13.0 Å². The van der Waals surface area contributed by atoms with E-state index in [0.717, 1.165) is 48.6 Å². The number of amidine groups is 1. The van der Waals surface area contributed by atoms with Gasteiger partial charge in [0.2, 0.25) is 0 Å². The first kappa shape index (κ1) is 23.6. The van der Waals surface area contributed by atoms with Gasteiger partial charge in [0.15, 0.2) is 5.84 Å². The lowest BCUT2D eigenvalue weighted by atomic mass is 9.97. The predicted molar refractivity (Wildman–Crippen MR) is 128 cm³/mol. The van der Waals surface area contributed by atoms with E-state index in [2.05, 4.69) is 53.7 Å². The maximum absolute atomic E-state index is 12.9. The molecule has 1 amide bonds. The Labute approximate surface area is 190 Å². The summed E-state index contributed by atoms with van der Waals surface area (Å²) in [5, 5.41) is 12.6. The minimum absolute atomic E-state index is 0.179. The lowest BCUT2D eigenvalue weighted by Crippen LogP contribution is -2.45. The number of hydrogen-bond donors (Lipinski definition) is 4. The molecule has 0 spiro atoms. The van der Waals surface area contributed by atoms with Crippen molar-refractivity contribution in [2.75, 3.05) is 13.7 Å². The van der Waals surface area contributed by atoms with E-state index < -0.39 is 0 Å². The van der Waals surface area contributed by atoms with Gasteiger partial charge in [-0.2, -0.15) is 0 Å². The lowest BCUT2D eigenvalue weighted by Gasteiger charge is -2.23. The second-order valence-electron chi connectivity index (χ2n) is 8.10. The molecule has 8 nitrogen and oxygen atoms in total. The van der Waals surface area contributed by atoms with Crippen molar-refractivity contribution in [2.24, 2.45) is 5.10 Å². The Kier molecular flexibility index (Phi) is 8.08. The highest BCUT2D eigenvalue weighted by molar-refractivity contribution is 6.01. The fourth-order valence-corrected chi connectivity index (χ4v) is 3.71. The molecule has 0 fully saturated rings. The number of methoxy groups -OCH3 is 1. The molecule has 0 bridgehead atoms. The number of nitrogens with zero attached hydrogens (tertiary/aromatic N) is 2. The number of hydrogen-bond acceptors (Lipinski definition) is 7. The molecule has 32 heavy (non-hydrogen) atoms. The van der Waals surface area contributed by atoms with Gasteiger partial charge in [0.25, 0.3) is 5.91 Å². The van der Waals surface area contributed by atoms with Crippen LogP contribution in [0.2, 0.25) is 0 Å². The normalized spacial score (nSPS) is 16.8. The van der Waals surface area contributed by atoms with Crippen LogP contribution in [0.5, 0.6) is 5.75 Å². The zero-order chi connectivity index (χ0) is 23.1. The van der Waals surface area contributed by atoms with E-state index in [1.807, 2.05) is 42.3 Å². The molecule has 0 saturated heterocycles. The smallest absolute Gasteiger partial charge is 0.259 e. The Morgan fingerprint density at radius 1 is 1.34 bits per heavy atom. The predicted octanol–water partition coefficient (Wildman–Crippen LogP) is 2.91. The zero-order valence-electron chi connectivity index (χ0n) is 19.6. The number of nitrogens with one attached hydrogen (secondary N) is 4. The van der Waals surface area contributed by atoms with Crippen LogP contribution in [0.4, 0.5) is 0 Å². The molecule has 0 aromatic heterocycles. The van der Waals surface area contributed by atoms with E-state index in [0.29, 0.717) is 11.3 Å². The number of ether oxygens (including phenoxy) is 1. The summed E-state index contributed by atoms with van der Waals surface area (Å²) in [7, 11) is 1.60. The summed E-state index contributed by atoms with van der Waals surface area (Å²) in [6.07, 6.45) is 9.74. The van der Waals surface area contributed by atoms with E-state index >= 15 is 0 Å². The molecule has 1 aromatic rings. The van der Waals surface area contributed by atoms with E-state index in [9.17, 15) is 4.79 Å². The Bertz CT molecular complexity index is 961. The first-order chi connectivity index (χ1) is 15.4. The van der Waals surface area contributed by atoms with Crippen molar-refractivity contribution in [2.45, 2.75) is 53.1 Å². The largest absolute Gasteiger partial charge is 0.496 e.